The number of hydrogen-bond acceptors (Lipinski definition) is 2. The van der Waals surface area contributed by atoms with Gasteiger partial charge in [0.2, 0.25) is 0 Å². The minimum atomic E-state index is 0.500. The number of nitrogens with one attached hydrogen (secondary N) is 1. The van der Waals surface area contributed by atoms with E-state index in [1.165, 1.54) is 0 Å². The van der Waals surface area contributed by atoms with Crippen LogP contribution in [-0.2, 0) is 0 Å². The highest BCUT2D eigenvalue weighted by atomic mass is 35.5. The van der Waals surface area contributed by atoms with E-state index in [4.69, 9.17) is 23.2 Å². The van der Waals surface area contributed by atoms with Crippen LogP contribution in [0.4, 0.5) is 5.69 Å². The summed E-state index contributed by atoms with van der Waals surface area (Å²) >= 11 is 12.5. The SMILES string of the molecule is CCC1CNCCN1c1cc(Cl)c(C)cc1Cl. The van der Waals surface area contributed by atoms with Gasteiger partial charge in [-0.2, -0.15) is 0 Å². The lowest BCUT2D eigenvalue weighted by molar-refractivity contribution is 0.466. The Morgan fingerprint density at radius 3 is 2.82 bits per heavy atom. The number of rotatable bonds is 2. The standard InChI is InChI=1S/C13H18Cl2N2/c1-3-10-8-16-4-5-17(10)13-7-11(14)9(2)6-12(13)15/h6-7,10,16H,3-5,8H2,1-2H3. The summed E-state index contributed by atoms with van der Waals surface area (Å²) in [4.78, 5) is 2.37. The van der Waals surface area contributed by atoms with Gasteiger partial charge in [-0.15, -0.1) is 0 Å². The summed E-state index contributed by atoms with van der Waals surface area (Å²) in [5.41, 5.74) is 2.10. The van der Waals surface area contributed by atoms with Gasteiger partial charge in [0.05, 0.1) is 10.7 Å². The van der Waals surface area contributed by atoms with Crippen molar-refractivity contribution in [3.05, 3.63) is 27.7 Å². The highest BCUT2D eigenvalue weighted by Gasteiger charge is 2.23. The molecule has 1 heterocycles. The first-order valence-corrected chi connectivity index (χ1v) is 6.82. The van der Waals surface area contributed by atoms with Crippen molar-refractivity contribution in [2.75, 3.05) is 24.5 Å². The molecule has 17 heavy (non-hydrogen) atoms. The van der Waals surface area contributed by atoms with Crippen molar-refractivity contribution in [3.63, 3.8) is 0 Å². The second-order valence-corrected chi connectivity index (χ2v) is 5.33. The van der Waals surface area contributed by atoms with E-state index in [1.807, 2.05) is 19.1 Å². The Bertz CT molecular complexity index is 407. The summed E-state index contributed by atoms with van der Waals surface area (Å²) in [5.74, 6) is 0. The zero-order chi connectivity index (χ0) is 12.4. The first-order chi connectivity index (χ1) is 8.13. The first-order valence-electron chi connectivity index (χ1n) is 6.06. The third-order valence-electron chi connectivity index (χ3n) is 3.36. The molecule has 2 rings (SSSR count). The molecule has 2 nitrogen and oxygen atoms in total. The maximum Gasteiger partial charge on any atom is 0.0643 e. The van der Waals surface area contributed by atoms with Crippen LogP contribution in [-0.4, -0.2) is 25.7 Å². The molecule has 94 valence electrons. The second kappa shape index (κ2) is 5.47. The number of nitrogens with zero attached hydrogens (tertiary/aromatic N) is 1. The van der Waals surface area contributed by atoms with E-state index in [0.717, 1.165) is 47.4 Å². The van der Waals surface area contributed by atoms with Gasteiger partial charge < -0.3 is 10.2 Å². The Hall–Kier alpha value is -0.440. The number of hydrogen-bond donors (Lipinski definition) is 1. The molecular formula is C13H18Cl2N2. The normalized spacial score (nSPS) is 20.7. The predicted molar refractivity (Wildman–Crippen MR) is 75.5 cm³/mol. The van der Waals surface area contributed by atoms with E-state index in [1.54, 1.807) is 0 Å². The number of benzene rings is 1. The molecule has 0 saturated carbocycles. The highest BCUT2D eigenvalue weighted by Crippen LogP contribution is 2.33. The summed E-state index contributed by atoms with van der Waals surface area (Å²) in [6, 6.07) is 4.45. The largest absolute Gasteiger partial charge is 0.365 e. The molecule has 1 aromatic rings. The number of halogens is 2. The minimum absolute atomic E-state index is 0.500. The highest BCUT2D eigenvalue weighted by molar-refractivity contribution is 6.35. The van der Waals surface area contributed by atoms with Crippen molar-refractivity contribution >= 4 is 28.9 Å². The van der Waals surface area contributed by atoms with E-state index < -0.39 is 0 Å². The van der Waals surface area contributed by atoms with Crippen molar-refractivity contribution in [3.8, 4) is 0 Å². The summed E-state index contributed by atoms with van der Waals surface area (Å²) in [7, 11) is 0. The van der Waals surface area contributed by atoms with Gasteiger partial charge in [-0.25, -0.2) is 0 Å². The number of aryl methyl sites for hydroxylation is 1. The quantitative estimate of drug-likeness (QED) is 0.887. The monoisotopic (exact) mass is 272 g/mol. The molecular weight excluding hydrogens is 255 g/mol. The van der Waals surface area contributed by atoms with Gasteiger partial charge in [0.1, 0.15) is 0 Å². The Morgan fingerprint density at radius 2 is 2.12 bits per heavy atom. The zero-order valence-electron chi connectivity index (χ0n) is 10.3. The molecule has 1 aliphatic rings. The molecule has 4 heteroatoms. The van der Waals surface area contributed by atoms with Crippen LogP contribution < -0.4 is 10.2 Å². The average molecular weight is 273 g/mol. The van der Waals surface area contributed by atoms with Crippen molar-refractivity contribution in [1.82, 2.24) is 5.32 Å². The Labute approximate surface area is 113 Å². The van der Waals surface area contributed by atoms with Crippen LogP contribution in [0.5, 0.6) is 0 Å². The van der Waals surface area contributed by atoms with Gasteiger partial charge in [-0.1, -0.05) is 30.1 Å². The van der Waals surface area contributed by atoms with Crippen LogP contribution in [0.15, 0.2) is 12.1 Å². The number of piperazine rings is 1. The Balaban J connectivity index is 2.34. The van der Waals surface area contributed by atoms with Gasteiger partial charge in [-0.05, 0) is 31.0 Å². The Morgan fingerprint density at radius 1 is 1.35 bits per heavy atom. The molecule has 1 aromatic carbocycles. The molecule has 1 saturated heterocycles. The van der Waals surface area contributed by atoms with Crippen molar-refractivity contribution in [2.45, 2.75) is 26.3 Å². The summed E-state index contributed by atoms with van der Waals surface area (Å²) in [6.07, 6.45) is 1.11. The molecule has 1 fully saturated rings. The molecule has 0 radical (unpaired) electrons. The Kier molecular flexibility index (Phi) is 4.18. The van der Waals surface area contributed by atoms with Gasteiger partial charge in [-0.3, -0.25) is 0 Å². The van der Waals surface area contributed by atoms with Gasteiger partial charge in [0.25, 0.3) is 0 Å². The maximum atomic E-state index is 6.34. The smallest absolute Gasteiger partial charge is 0.0643 e. The van der Waals surface area contributed by atoms with E-state index >= 15 is 0 Å². The van der Waals surface area contributed by atoms with Gasteiger partial charge in [0.15, 0.2) is 0 Å². The van der Waals surface area contributed by atoms with E-state index in [9.17, 15) is 0 Å². The van der Waals surface area contributed by atoms with Crippen molar-refractivity contribution < 1.29 is 0 Å². The molecule has 1 unspecified atom stereocenters. The summed E-state index contributed by atoms with van der Waals surface area (Å²) in [6.45, 7) is 7.18. The molecule has 1 atom stereocenters. The van der Waals surface area contributed by atoms with E-state index in [-0.39, 0.29) is 0 Å². The lowest BCUT2D eigenvalue weighted by atomic mass is 10.1. The second-order valence-electron chi connectivity index (χ2n) is 4.51. The molecule has 1 aliphatic heterocycles. The lowest BCUT2D eigenvalue weighted by Gasteiger charge is -2.38. The zero-order valence-corrected chi connectivity index (χ0v) is 11.8. The van der Waals surface area contributed by atoms with Crippen LogP contribution in [0, 0.1) is 6.92 Å². The topological polar surface area (TPSA) is 15.3 Å². The van der Waals surface area contributed by atoms with E-state index in [0.29, 0.717) is 6.04 Å². The fourth-order valence-electron chi connectivity index (χ4n) is 2.30. The third kappa shape index (κ3) is 2.70. The van der Waals surface area contributed by atoms with Gasteiger partial charge in [0, 0.05) is 30.7 Å². The fraction of sp³-hybridized carbons (Fsp3) is 0.538. The van der Waals surface area contributed by atoms with Gasteiger partial charge >= 0.3 is 0 Å². The summed E-state index contributed by atoms with van der Waals surface area (Å²) in [5, 5.41) is 5.00. The molecule has 0 amide bonds. The van der Waals surface area contributed by atoms with Crippen LogP contribution in [0.1, 0.15) is 18.9 Å². The predicted octanol–water partition coefficient (Wildman–Crippen LogP) is 3.49. The third-order valence-corrected chi connectivity index (χ3v) is 4.07. The van der Waals surface area contributed by atoms with Crippen LogP contribution in [0.2, 0.25) is 10.0 Å². The minimum Gasteiger partial charge on any atom is -0.365 e. The molecule has 0 aliphatic carbocycles. The fourth-order valence-corrected chi connectivity index (χ4v) is 2.78. The number of anilines is 1. The van der Waals surface area contributed by atoms with Crippen LogP contribution >= 0.6 is 23.2 Å². The summed E-state index contributed by atoms with van der Waals surface area (Å²) < 4.78 is 0. The maximum absolute atomic E-state index is 6.34. The van der Waals surface area contributed by atoms with E-state index in [2.05, 4.69) is 17.1 Å². The van der Waals surface area contributed by atoms with Crippen molar-refractivity contribution in [2.24, 2.45) is 0 Å². The van der Waals surface area contributed by atoms with Crippen LogP contribution in [0.25, 0.3) is 0 Å². The van der Waals surface area contributed by atoms with Crippen LogP contribution in [0.3, 0.4) is 0 Å². The van der Waals surface area contributed by atoms with Crippen molar-refractivity contribution in [1.29, 1.82) is 0 Å². The molecule has 0 aromatic heterocycles. The average Bonchev–Trinajstić information content (AvgIpc) is 2.34. The molecule has 0 spiro atoms. The molecule has 1 N–H and O–H groups in total. The molecule has 0 bridgehead atoms. The lowest BCUT2D eigenvalue weighted by Crippen LogP contribution is -2.51. The first kappa shape index (κ1) is 13.0.